The van der Waals surface area contributed by atoms with Crippen LogP contribution in [-0.2, 0) is 4.74 Å². The van der Waals surface area contributed by atoms with E-state index in [0.29, 0.717) is 5.39 Å². The Bertz CT molecular complexity index is 1400. The molecule has 3 heterocycles. The maximum atomic E-state index is 13.1. The van der Waals surface area contributed by atoms with Crippen molar-refractivity contribution in [2.45, 2.75) is 30.7 Å². The van der Waals surface area contributed by atoms with Crippen LogP contribution in [-0.4, -0.2) is 70.0 Å². The molecule has 2 aromatic heterocycles. The number of ether oxygens (including phenoxy) is 3. The number of phenols is 1. The molecule has 1 aliphatic rings. The van der Waals surface area contributed by atoms with Crippen molar-refractivity contribution < 1.29 is 48.6 Å². The minimum atomic E-state index is -1.59. The number of aliphatic hydroxyl groups excluding tert-OH is 4. The van der Waals surface area contributed by atoms with Crippen molar-refractivity contribution in [2.24, 2.45) is 0 Å². The van der Waals surface area contributed by atoms with Gasteiger partial charge in [0.05, 0.1) is 19.1 Å². The Labute approximate surface area is 184 Å². The highest BCUT2D eigenvalue weighted by Crippen LogP contribution is 2.37. The van der Waals surface area contributed by atoms with Crippen molar-refractivity contribution in [3.8, 4) is 17.2 Å². The fourth-order valence-electron chi connectivity index (χ4n) is 3.92. The third kappa shape index (κ3) is 3.37. The van der Waals surface area contributed by atoms with Crippen LogP contribution >= 0.6 is 0 Å². The van der Waals surface area contributed by atoms with Crippen LogP contribution in [0.3, 0.4) is 0 Å². The third-order valence-corrected chi connectivity index (χ3v) is 5.69. The quantitative estimate of drug-likeness (QED) is 0.288. The molecule has 0 amide bonds. The Morgan fingerprint density at radius 1 is 0.970 bits per heavy atom. The summed E-state index contributed by atoms with van der Waals surface area (Å²) in [6.07, 6.45) is -7.22. The van der Waals surface area contributed by atoms with Gasteiger partial charge < -0.3 is 48.6 Å². The van der Waals surface area contributed by atoms with Gasteiger partial charge >= 0.3 is 5.78 Å². The number of rotatable bonds is 4. The topological polar surface area (TPSA) is 172 Å². The number of hydrogen-bond donors (Lipinski definition) is 5. The van der Waals surface area contributed by atoms with E-state index in [-0.39, 0.29) is 50.4 Å². The van der Waals surface area contributed by atoms with Crippen molar-refractivity contribution in [3.63, 3.8) is 0 Å². The summed E-state index contributed by atoms with van der Waals surface area (Å²) in [7, 11) is 1.39. The number of aromatic hydroxyl groups is 1. The molecule has 33 heavy (non-hydrogen) atoms. The molecule has 0 spiro atoms. The summed E-state index contributed by atoms with van der Waals surface area (Å²) in [6, 6.07) is 7.08. The normalized spacial score (nSPS) is 25.7. The predicted octanol–water partition coefficient (Wildman–Crippen LogP) is 0.585. The van der Waals surface area contributed by atoms with Gasteiger partial charge in [-0.1, -0.05) is 0 Å². The molecule has 1 saturated heterocycles. The average molecular weight is 460 g/mol. The summed E-state index contributed by atoms with van der Waals surface area (Å²) >= 11 is 0. The van der Waals surface area contributed by atoms with Gasteiger partial charge in [0.2, 0.25) is 11.7 Å². The molecule has 1 fully saturated rings. The van der Waals surface area contributed by atoms with Gasteiger partial charge in [-0.05, 0) is 18.2 Å². The first-order valence-electron chi connectivity index (χ1n) is 9.99. The summed E-state index contributed by atoms with van der Waals surface area (Å²) < 4.78 is 27.4. The van der Waals surface area contributed by atoms with E-state index in [2.05, 4.69) is 0 Å². The summed E-state index contributed by atoms with van der Waals surface area (Å²) in [5, 5.41) is 50.1. The molecule has 5 N–H and O–H groups in total. The average Bonchev–Trinajstić information content (AvgIpc) is 3.15. The standard InChI is InChI=1S/C22H20O11/c1-29-14-5-10-13(6-11(14)24)32-21-16(10)17(25)9-3-2-8(4-12(9)31-21)30-22-20(28)19(27)18(26)15(7-23)33-22/h2-6,15,18-20,22-24,26-28H,7H2,1H3/t15-,18-,19+,20-,22-/m1/s1. The van der Waals surface area contributed by atoms with Gasteiger partial charge in [0.15, 0.2) is 11.5 Å². The second-order valence-corrected chi connectivity index (χ2v) is 7.69. The lowest BCUT2D eigenvalue weighted by Crippen LogP contribution is -2.60. The first-order chi connectivity index (χ1) is 15.8. The highest BCUT2D eigenvalue weighted by atomic mass is 16.7. The second-order valence-electron chi connectivity index (χ2n) is 7.69. The van der Waals surface area contributed by atoms with Crippen LogP contribution in [0.1, 0.15) is 0 Å². The van der Waals surface area contributed by atoms with Gasteiger partial charge in [0.25, 0.3) is 0 Å². The Balaban J connectivity index is 1.56. The summed E-state index contributed by atoms with van der Waals surface area (Å²) in [5.74, 6) is 0.0779. The highest BCUT2D eigenvalue weighted by molar-refractivity contribution is 6.07. The first kappa shape index (κ1) is 21.5. The Morgan fingerprint density at radius 3 is 2.39 bits per heavy atom. The Hall–Kier alpha value is -3.35. The zero-order valence-corrected chi connectivity index (χ0v) is 17.2. The molecular formula is C22H20O11. The molecule has 5 rings (SSSR count). The molecule has 0 unspecified atom stereocenters. The van der Waals surface area contributed by atoms with Crippen LogP contribution in [0.5, 0.6) is 17.2 Å². The number of phenolic OH excluding ortho intramolecular Hbond substituents is 1. The van der Waals surface area contributed by atoms with E-state index in [1.807, 2.05) is 0 Å². The van der Waals surface area contributed by atoms with E-state index < -0.39 is 37.3 Å². The molecular weight excluding hydrogens is 440 g/mol. The fourth-order valence-corrected chi connectivity index (χ4v) is 3.92. The molecule has 0 aliphatic carbocycles. The number of benzene rings is 2. The highest BCUT2D eigenvalue weighted by Gasteiger charge is 2.44. The van der Waals surface area contributed by atoms with Crippen LogP contribution < -0.4 is 14.9 Å². The SMILES string of the molecule is COc1cc2c(cc1O)oc1oc3cc(O[C@@H]4O[C@H](CO)[C@@H](O)[C@H](O)[C@H]4O)ccc3c(=O)c12. The molecule has 11 heteroatoms. The van der Waals surface area contributed by atoms with Crippen LogP contribution in [0.15, 0.2) is 44.0 Å². The van der Waals surface area contributed by atoms with Gasteiger partial charge in [-0.3, -0.25) is 4.79 Å². The van der Waals surface area contributed by atoms with Gasteiger partial charge in [-0.25, -0.2) is 0 Å². The van der Waals surface area contributed by atoms with E-state index >= 15 is 0 Å². The number of hydrogen-bond acceptors (Lipinski definition) is 11. The molecule has 4 aromatic rings. The van der Waals surface area contributed by atoms with Crippen molar-refractivity contribution in [1.29, 1.82) is 0 Å². The monoisotopic (exact) mass is 460 g/mol. The van der Waals surface area contributed by atoms with Crippen LogP contribution in [0, 0.1) is 0 Å². The minimum absolute atomic E-state index is 0.0693. The smallest absolute Gasteiger partial charge is 0.302 e. The Morgan fingerprint density at radius 2 is 1.70 bits per heavy atom. The number of furan rings is 1. The van der Waals surface area contributed by atoms with Gasteiger partial charge in [-0.2, -0.15) is 0 Å². The van der Waals surface area contributed by atoms with E-state index in [0.717, 1.165) is 0 Å². The molecule has 0 radical (unpaired) electrons. The van der Waals surface area contributed by atoms with E-state index in [9.17, 15) is 30.3 Å². The van der Waals surface area contributed by atoms with Crippen LogP contribution in [0.2, 0.25) is 0 Å². The second kappa shape index (κ2) is 7.90. The minimum Gasteiger partial charge on any atom is -0.504 e. The zero-order valence-electron chi connectivity index (χ0n) is 17.2. The van der Waals surface area contributed by atoms with Crippen LogP contribution in [0.25, 0.3) is 33.1 Å². The summed E-state index contributed by atoms with van der Waals surface area (Å²) in [4.78, 5) is 13.1. The van der Waals surface area contributed by atoms with E-state index in [1.165, 1.54) is 37.4 Å². The van der Waals surface area contributed by atoms with Crippen molar-refractivity contribution in [1.82, 2.24) is 0 Å². The molecule has 5 atom stereocenters. The number of fused-ring (bicyclic) bond motifs is 4. The van der Waals surface area contributed by atoms with Gasteiger partial charge in [0.1, 0.15) is 46.7 Å². The molecule has 1 aliphatic heterocycles. The lowest BCUT2D eigenvalue weighted by Gasteiger charge is -2.39. The fraction of sp³-hybridized carbons (Fsp3) is 0.318. The molecule has 0 bridgehead atoms. The predicted molar refractivity (Wildman–Crippen MR) is 112 cm³/mol. The Kier molecular flexibility index (Phi) is 5.15. The van der Waals surface area contributed by atoms with Gasteiger partial charge in [-0.15, -0.1) is 0 Å². The van der Waals surface area contributed by atoms with Crippen molar-refractivity contribution >= 4 is 33.1 Å². The molecule has 11 nitrogen and oxygen atoms in total. The molecule has 174 valence electrons. The summed E-state index contributed by atoms with van der Waals surface area (Å²) in [6.45, 7) is -0.595. The molecule has 0 saturated carbocycles. The lowest BCUT2D eigenvalue weighted by atomic mass is 9.99. The first-order valence-corrected chi connectivity index (χ1v) is 9.99. The third-order valence-electron chi connectivity index (χ3n) is 5.69. The maximum Gasteiger partial charge on any atom is 0.302 e. The number of methoxy groups -OCH3 is 1. The lowest BCUT2D eigenvalue weighted by molar-refractivity contribution is -0.277. The maximum absolute atomic E-state index is 13.1. The molecule has 2 aromatic carbocycles. The van der Waals surface area contributed by atoms with Gasteiger partial charge in [0, 0.05) is 17.5 Å². The van der Waals surface area contributed by atoms with Crippen LogP contribution in [0.4, 0.5) is 0 Å². The van der Waals surface area contributed by atoms with E-state index in [1.54, 1.807) is 0 Å². The van der Waals surface area contributed by atoms with E-state index in [4.69, 9.17) is 23.0 Å². The number of aliphatic hydroxyl groups is 4. The summed E-state index contributed by atoms with van der Waals surface area (Å²) in [5.41, 5.74) is -0.0285. The zero-order chi connectivity index (χ0) is 23.4. The van der Waals surface area contributed by atoms with Crippen molar-refractivity contribution in [3.05, 3.63) is 40.6 Å². The largest absolute Gasteiger partial charge is 0.504 e. The van der Waals surface area contributed by atoms with Crippen molar-refractivity contribution in [2.75, 3.05) is 13.7 Å².